The highest BCUT2D eigenvalue weighted by Crippen LogP contribution is 2.49. The summed E-state index contributed by atoms with van der Waals surface area (Å²) in [7, 11) is 0. The molecular weight excluding hydrogens is 293 g/mol. The van der Waals surface area contributed by atoms with Gasteiger partial charge in [0.05, 0.1) is 18.1 Å². The van der Waals surface area contributed by atoms with Crippen LogP contribution in [0, 0.1) is 5.82 Å². The summed E-state index contributed by atoms with van der Waals surface area (Å²) >= 11 is 0. The van der Waals surface area contributed by atoms with Crippen LogP contribution in [0.3, 0.4) is 0 Å². The van der Waals surface area contributed by atoms with Crippen LogP contribution >= 0.6 is 0 Å². The van der Waals surface area contributed by atoms with Gasteiger partial charge in [0, 0.05) is 17.5 Å². The second-order valence-corrected chi connectivity index (χ2v) is 6.26. The van der Waals surface area contributed by atoms with Gasteiger partial charge in [0.1, 0.15) is 11.6 Å². The highest BCUT2D eigenvalue weighted by Gasteiger charge is 2.53. The number of nitrogens with one attached hydrogen (secondary N) is 1. The Kier molecular flexibility index (Phi) is 3.33. The molecule has 1 saturated carbocycles. The minimum absolute atomic E-state index is 0.0725. The lowest BCUT2D eigenvalue weighted by Crippen LogP contribution is -2.39. The summed E-state index contributed by atoms with van der Waals surface area (Å²) in [5, 5.41) is 3.12. The van der Waals surface area contributed by atoms with Crippen molar-refractivity contribution in [2.24, 2.45) is 0 Å². The Morgan fingerprint density at radius 3 is 2.65 bits per heavy atom. The van der Waals surface area contributed by atoms with Crippen molar-refractivity contribution in [1.82, 2.24) is 5.32 Å². The molecule has 1 N–H and O–H groups in total. The predicted molar refractivity (Wildman–Crippen MR) is 84.7 cm³/mol. The molecule has 1 heterocycles. The van der Waals surface area contributed by atoms with E-state index in [-0.39, 0.29) is 17.8 Å². The summed E-state index contributed by atoms with van der Waals surface area (Å²) in [6.45, 7) is 0.578. The van der Waals surface area contributed by atoms with E-state index in [1.807, 2.05) is 24.3 Å². The van der Waals surface area contributed by atoms with E-state index in [9.17, 15) is 9.18 Å². The Morgan fingerprint density at radius 1 is 1.13 bits per heavy atom. The van der Waals surface area contributed by atoms with Gasteiger partial charge in [-0.1, -0.05) is 36.4 Å². The molecule has 0 aromatic heterocycles. The van der Waals surface area contributed by atoms with Crippen LogP contribution in [0.4, 0.5) is 4.39 Å². The van der Waals surface area contributed by atoms with Crippen molar-refractivity contribution >= 4 is 5.91 Å². The monoisotopic (exact) mass is 311 g/mol. The van der Waals surface area contributed by atoms with Gasteiger partial charge in [0.15, 0.2) is 0 Å². The third-order valence-corrected chi connectivity index (χ3v) is 4.84. The van der Waals surface area contributed by atoms with Crippen LogP contribution in [0.1, 0.15) is 36.4 Å². The van der Waals surface area contributed by atoms with Crippen molar-refractivity contribution in [1.29, 1.82) is 0 Å². The van der Waals surface area contributed by atoms with Crippen molar-refractivity contribution in [2.45, 2.75) is 30.7 Å². The maximum absolute atomic E-state index is 14.1. The summed E-state index contributed by atoms with van der Waals surface area (Å²) in [4.78, 5) is 12.8. The molecule has 23 heavy (non-hydrogen) atoms. The van der Waals surface area contributed by atoms with E-state index in [0.29, 0.717) is 25.0 Å². The maximum Gasteiger partial charge on any atom is 0.231 e. The number of hydrogen-bond acceptors (Lipinski definition) is 2. The topological polar surface area (TPSA) is 38.3 Å². The minimum atomic E-state index is -0.696. The highest BCUT2D eigenvalue weighted by molar-refractivity contribution is 5.91. The molecule has 118 valence electrons. The van der Waals surface area contributed by atoms with E-state index in [0.717, 1.165) is 17.7 Å². The van der Waals surface area contributed by atoms with Gasteiger partial charge in [-0.25, -0.2) is 4.39 Å². The molecule has 2 aliphatic rings. The average molecular weight is 311 g/mol. The van der Waals surface area contributed by atoms with Crippen molar-refractivity contribution in [2.75, 3.05) is 6.61 Å². The lowest BCUT2D eigenvalue weighted by atomic mass is 9.92. The van der Waals surface area contributed by atoms with Crippen LogP contribution in [0.15, 0.2) is 48.5 Å². The molecule has 0 unspecified atom stereocenters. The molecule has 4 rings (SSSR count). The third kappa shape index (κ3) is 2.38. The summed E-state index contributed by atoms with van der Waals surface area (Å²) < 4.78 is 19.7. The molecule has 0 spiro atoms. The van der Waals surface area contributed by atoms with Crippen LogP contribution in [-0.2, 0) is 10.2 Å². The number of rotatable bonds is 3. The third-order valence-electron chi connectivity index (χ3n) is 4.84. The number of carbonyl (C=O) groups is 1. The fourth-order valence-corrected chi connectivity index (χ4v) is 3.38. The van der Waals surface area contributed by atoms with Gasteiger partial charge < -0.3 is 10.1 Å². The van der Waals surface area contributed by atoms with Crippen molar-refractivity contribution in [3.8, 4) is 5.75 Å². The van der Waals surface area contributed by atoms with Crippen LogP contribution in [0.2, 0.25) is 0 Å². The zero-order valence-corrected chi connectivity index (χ0v) is 12.7. The number of fused-ring (bicyclic) bond motifs is 1. The number of benzene rings is 2. The quantitative estimate of drug-likeness (QED) is 0.942. The fraction of sp³-hybridized carbons (Fsp3) is 0.316. The molecule has 0 saturated heterocycles. The second-order valence-electron chi connectivity index (χ2n) is 6.26. The largest absolute Gasteiger partial charge is 0.493 e. The zero-order chi connectivity index (χ0) is 15.9. The molecule has 0 radical (unpaired) electrons. The number of carbonyl (C=O) groups excluding carboxylic acids is 1. The van der Waals surface area contributed by atoms with Crippen molar-refractivity contribution < 1.29 is 13.9 Å². The summed E-state index contributed by atoms with van der Waals surface area (Å²) in [5.41, 5.74) is 0.813. The predicted octanol–water partition coefficient (Wildman–Crippen LogP) is 3.50. The Balaban J connectivity index is 1.59. The summed E-state index contributed by atoms with van der Waals surface area (Å²) in [6, 6.07) is 14.3. The van der Waals surface area contributed by atoms with Gasteiger partial charge in [-0.05, 0) is 25.0 Å². The van der Waals surface area contributed by atoms with Crippen molar-refractivity contribution in [3.63, 3.8) is 0 Å². The molecule has 3 nitrogen and oxygen atoms in total. The standard InChI is InChI=1S/C19H18FNO2/c20-15-7-3-2-6-14(15)19(10-11-19)18(22)21-16-9-12-23-17-8-4-1-5-13(16)17/h1-8,16H,9-12H2,(H,21,22)/t16-/m0/s1. The fourth-order valence-electron chi connectivity index (χ4n) is 3.38. The smallest absolute Gasteiger partial charge is 0.231 e. The Hall–Kier alpha value is -2.36. The van der Waals surface area contributed by atoms with E-state index in [4.69, 9.17) is 4.74 Å². The number of ether oxygens (including phenoxy) is 1. The normalized spacial score (nSPS) is 21.0. The average Bonchev–Trinajstić information content (AvgIpc) is 3.37. The number of halogens is 1. The number of para-hydroxylation sites is 1. The Morgan fingerprint density at radius 2 is 1.87 bits per heavy atom. The van der Waals surface area contributed by atoms with Gasteiger partial charge in [-0.15, -0.1) is 0 Å². The van der Waals surface area contributed by atoms with Gasteiger partial charge >= 0.3 is 0 Å². The lowest BCUT2D eigenvalue weighted by Gasteiger charge is -2.28. The zero-order valence-electron chi connectivity index (χ0n) is 12.7. The SMILES string of the molecule is O=C(N[C@H]1CCOc2ccccc21)C1(c2ccccc2F)CC1. The van der Waals surface area contributed by atoms with E-state index in [1.165, 1.54) is 6.07 Å². The molecule has 2 aromatic carbocycles. The van der Waals surface area contributed by atoms with Crippen LogP contribution in [0.25, 0.3) is 0 Å². The molecule has 0 bridgehead atoms. The molecule has 2 aromatic rings. The summed E-state index contributed by atoms with van der Waals surface area (Å²) in [5.74, 6) is 0.441. The molecule has 1 aliphatic carbocycles. The molecular formula is C19H18FNO2. The maximum atomic E-state index is 14.1. The van der Waals surface area contributed by atoms with E-state index in [1.54, 1.807) is 18.2 Å². The Labute approximate surface area is 134 Å². The van der Waals surface area contributed by atoms with Gasteiger partial charge in [0.2, 0.25) is 5.91 Å². The molecule has 1 atom stereocenters. The lowest BCUT2D eigenvalue weighted by molar-refractivity contribution is -0.124. The van der Waals surface area contributed by atoms with Crippen LogP contribution < -0.4 is 10.1 Å². The number of hydrogen-bond donors (Lipinski definition) is 1. The first-order chi connectivity index (χ1) is 11.2. The van der Waals surface area contributed by atoms with Gasteiger partial charge in [0.25, 0.3) is 0 Å². The first-order valence-electron chi connectivity index (χ1n) is 7.98. The van der Waals surface area contributed by atoms with E-state index in [2.05, 4.69) is 5.32 Å². The highest BCUT2D eigenvalue weighted by atomic mass is 19.1. The molecule has 1 amide bonds. The molecule has 1 fully saturated rings. The van der Waals surface area contributed by atoms with Crippen molar-refractivity contribution in [3.05, 3.63) is 65.5 Å². The van der Waals surface area contributed by atoms with Crippen LogP contribution in [-0.4, -0.2) is 12.5 Å². The van der Waals surface area contributed by atoms with Gasteiger partial charge in [-0.2, -0.15) is 0 Å². The summed E-state index contributed by atoms with van der Waals surface area (Å²) in [6.07, 6.45) is 2.13. The molecule has 4 heteroatoms. The first-order valence-corrected chi connectivity index (χ1v) is 7.98. The second kappa shape index (κ2) is 5.37. The van der Waals surface area contributed by atoms with Gasteiger partial charge in [-0.3, -0.25) is 4.79 Å². The first kappa shape index (κ1) is 14.2. The molecule has 1 aliphatic heterocycles. The van der Waals surface area contributed by atoms with E-state index >= 15 is 0 Å². The minimum Gasteiger partial charge on any atom is -0.493 e. The van der Waals surface area contributed by atoms with Crippen LogP contribution in [0.5, 0.6) is 5.75 Å². The Bertz CT molecular complexity index is 755. The van der Waals surface area contributed by atoms with E-state index < -0.39 is 5.41 Å². The number of amides is 1.